The Balaban J connectivity index is 1.70. The molecular formula is C15H21ClN2O2S. The quantitative estimate of drug-likeness (QED) is 0.808. The van der Waals surface area contributed by atoms with E-state index < -0.39 is 10.0 Å². The van der Waals surface area contributed by atoms with Crippen LogP contribution in [0.5, 0.6) is 0 Å². The zero-order valence-electron chi connectivity index (χ0n) is 12.1. The molecule has 2 unspecified atom stereocenters. The van der Waals surface area contributed by atoms with E-state index in [1.165, 1.54) is 12.8 Å². The van der Waals surface area contributed by atoms with Gasteiger partial charge < -0.3 is 5.32 Å². The van der Waals surface area contributed by atoms with Gasteiger partial charge in [0.25, 0.3) is 0 Å². The fourth-order valence-corrected chi connectivity index (χ4v) is 4.03. The fourth-order valence-electron chi connectivity index (χ4n) is 2.39. The lowest BCUT2D eigenvalue weighted by Gasteiger charge is -2.10. The minimum Gasteiger partial charge on any atom is -0.310 e. The van der Waals surface area contributed by atoms with Crippen LogP contribution in [0, 0.1) is 11.8 Å². The molecule has 2 fully saturated rings. The minimum absolute atomic E-state index is 0.188. The summed E-state index contributed by atoms with van der Waals surface area (Å²) in [5.41, 5.74) is 0.950. The van der Waals surface area contributed by atoms with Gasteiger partial charge in [0.1, 0.15) is 4.90 Å². The Labute approximate surface area is 131 Å². The Hall–Kier alpha value is -0.620. The molecule has 1 aromatic rings. The van der Waals surface area contributed by atoms with E-state index >= 15 is 0 Å². The highest BCUT2D eigenvalue weighted by Crippen LogP contribution is 2.37. The molecule has 116 valence electrons. The number of rotatable bonds is 7. The molecule has 4 nitrogen and oxygen atoms in total. The lowest BCUT2D eigenvalue weighted by atomic mass is 10.2. The topological polar surface area (TPSA) is 58.2 Å². The Bertz CT molecular complexity index is 629. The third-order valence-corrected chi connectivity index (χ3v) is 6.17. The van der Waals surface area contributed by atoms with E-state index in [0.717, 1.165) is 12.0 Å². The maximum atomic E-state index is 12.4. The van der Waals surface area contributed by atoms with Crippen LogP contribution in [-0.4, -0.2) is 21.0 Å². The Morgan fingerprint density at radius 2 is 2.05 bits per heavy atom. The zero-order chi connectivity index (χ0) is 15.0. The first kappa shape index (κ1) is 15.3. The van der Waals surface area contributed by atoms with Crippen LogP contribution in [0.2, 0.25) is 5.02 Å². The maximum Gasteiger partial charge on any atom is 0.242 e. The fraction of sp³-hybridized carbons (Fsp3) is 0.600. The Morgan fingerprint density at radius 1 is 1.33 bits per heavy atom. The number of hydrogen-bond acceptors (Lipinski definition) is 3. The minimum atomic E-state index is -3.52. The summed E-state index contributed by atoms with van der Waals surface area (Å²) in [6.07, 6.45) is 3.52. The van der Waals surface area contributed by atoms with Crippen LogP contribution < -0.4 is 10.0 Å². The number of benzene rings is 1. The first-order valence-corrected chi connectivity index (χ1v) is 9.33. The smallest absolute Gasteiger partial charge is 0.242 e. The van der Waals surface area contributed by atoms with E-state index in [4.69, 9.17) is 11.6 Å². The number of sulfonamides is 1. The SMILES string of the molecule is CC1CC1CNS(=O)(=O)c1cc(CNC2CC2)ccc1Cl. The van der Waals surface area contributed by atoms with Gasteiger partial charge in [0.2, 0.25) is 10.0 Å². The molecule has 0 amide bonds. The lowest BCUT2D eigenvalue weighted by Crippen LogP contribution is -2.26. The molecule has 2 saturated carbocycles. The molecule has 2 aliphatic carbocycles. The molecule has 2 atom stereocenters. The normalized spacial score (nSPS) is 25.0. The van der Waals surface area contributed by atoms with E-state index in [1.807, 2.05) is 6.07 Å². The first-order chi connectivity index (χ1) is 9.95. The first-order valence-electron chi connectivity index (χ1n) is 7.47. The third kappa shape index (κ3) is 3.97. The lowest BCUT2D eigenvalue weighted by molar-refractivity contribution is 0.574. The van der Waals surface area contributed by atoms with Crippen molar-refractivity contribution in [3.05, 3.63) is 28.8 Å². The molecule has 1 aromatic carbocycles. The van der Waals surface area contributed by atoms with Crippen molar-refractivity contribution in [3.8, 4) is 0 Å². The van der Waals surface area contributed by atoms with Crippen molar-refractivity contribution in [2.75, 3.05) is 6.54 Å². The zero-order valence-corrected chi connectivity index (χ0v) is 13.7. The van der Waals surface area contributed by atoms with Crippen LogP contribution in [0.1, 0.15) is 31.7 Å². The number of nitrogens with one attached hydrogen (secondary N) is 2. The van der Waals surface area contributed by atoms with Crippen molar-refractivity contribution < 1.29 is 8.42 Å². The molecule has 0 saturated heterocycles. The summed E-state index contributed by atoms with van der Waals surface area (Å²) in [5.74, 6) is 1.09. The summed E-state index contributed by atoms with van der Waals surface area (Å²) < 4.78 is 27.4. The van der Waals surface area contributed by atoms with Crippen LogP contribution in [0.25, 0.3) is 0 Å². The van der Waals surface area contributed by atoms with Gasteiger partial charge >= 0.3 is 0 Å². The van der Waals surface area contributed by atoms with Crippen molar-refractivity contribution in [1.29, 1.82) is 0 Å². The molecule has 0 aromatic heterocycles. The van der Waals surface area contributed by atoms with E-state index in [1.54, 1.807) is 12.1 Å². The summed E-state index contributed by atoms with van der Waals surface area (Å²) in [7, 11) is -3.52. The Morgan fingerprint density at radius 3 is 2.67 bits per heavy atom. The van der Waals surface area contributed by atoms with Crippen molar-refractivity contribution >= 4 is 21.6 Å². The van der Waals surface area contributed by atoms with Crippen LogP contribution in [0.4, 0.5) is 0 Å². The van der Waals surface area contributed by atoms with Crippen LogP contribution in [0.3, 0.4) is 0 Å². The van der Waals surface area contributed by atoms with Gasteiger partial charge in [0, 0.05) is 19.1 Å². The average molecular weight is 329 g/mol. The van der Waals surface area contributed by atoms with Gasteiger partial charge in [-0.05, 0) is 48.8 Å². The van der Waals surface area contributed by atoms with Crippen molar-refractivity contribution in [2.24, 2.45) is 11.8 Å². The molecule has 2 N–H and O–H groups in total. The average Bonchev–Trinajstić information content (AvgIpc) is 3.33. The molecule has 0 aliphatic heterocycles. The van der Waals surface area contributed by atoms with Gasteiger partial charge in [0.15, 0.2) is 0 Å². The van der Waals surface area contributed by atoms with Gasteiger partial charge in [-0.3, -0.25) is 0 Å². The molecule has 3 rings (SSSR count). The molecule has 2 aliphatic rings. The van der Waals surface area contributed by atoms with E-state index in [0.29, 0.717) is 31.0 Å². The second kappa shape index (κ2) is 5.88. The molecule has 0 spiro atoms. The predicted molar refractivity (Wildman–Crippen MR) is 83.8 cm³/mol. The highest BCUT2D eigenvalue weighted by molar-refractivity contribution is 7.89. The molecule has 21 heavy (non-hydrogen) atoms. The Kier molecular flexibility index (Phi) is 4.28. The van der Waals surface area contributed by atoms with Crippen LogP contribution in [0.15, 0.2) is 23.1 Å². The van der Waals surface area contributed by atoms with Gasteiger partial charge in [-0.1, -0.05) is 24.6 Å². The monoisotopic (exact) mass is 328 g/mol. The molecule has 0 heterocycles. The van der Waals surface area contributed by atoms with E-state index in [2.05, 4.69) is 17.0 Å². The summed E-state index contributed by atoms with van der Waals surface area (Å²) in [4.78, 5) is 0.188. The summed E-state index contributed by atoms with van der Waals surface area (Å²) >= 11 is 6.08. The summed E-state index contributed by atoms with van der Waals surface area (Å²) in [6, 6.07) is 5.81. The number of halogens is 1. The molecule has 6 heteroatoms. The van der Waals surface area contributed by atoms with Gasteiger partial charge in [-0.2, -0.15) is 0 Å². The second-order valence-electron chi connectivity index (χ2n) is 6.24. The van der Waals surface area contributed by atoms with Crippen LogP contribution in [-0.2, 0) is 16.6 Å². The maximum absolute atomic E-state index is 12.4. The van der Waals surface area contributed by atoms with Crippen molar-refractivity contribution in [3.63, 3.8) is 0 Å². The molecule has 0 bridgehead atoms. The van der Waals surface area contributed by atoms with Gasteiger partial charge in [-0.25, -0.2) is 13.1 Å². The van der Waals surface area contributed by atoms with Crippen molar-refractivity contribution in [1.82, 2.24) is 10.0 Å². The molecule has 0 radical (unpaired) electrons. The highest BCUT2D eigenvalue weighted by Gasteiger charge is 2.33. The predicted octanol–water partition coefficient (Wildman–Crippen LogP) is 2.53. The van der Waals surface area contributed by atoms with Crippen LogP contribution >= 0.6 is 11.6 Å². The second-order valence-corrected chi connectivity index (χ2v) is 8.39. The van der Waals surface area contributed by atoms with Gasteiger partial charge in [-0.15, -0.1) is 0 Å². The van der Waals surface area contributed by atoms with E-state index in [9.17, 15) is 8.42 Å². The third-order valence-electron chi connectivity index (χ3n) is 4.27. The summed E-state index contributed by atoms with van der Waals surface area (Å²) in [5, 5.41) is 3.66. The largest absolute Gasteiger partial charge is 0.310 e. The standard InChI is InChI=1S/C15H21ClN2O2S/c1-10-6-12(10)9-18-21(19,20)15-7-11(2-5-14(15)16)8-17-13-3-4-13/h2,5,7,10,12-13,17-18H,3-4,6,8-9H2,1H3. The summed E-state index contributed by atoms with van der Waals surface area (Å²) in [6.45, 7) is 3.32. The van der Waals surface area contributed by atoms with Crippen molar-refractivity contribution in [2.45, 2.75) is 43.7 Å². The van der Waals surface area contributed by atoms with Gasteiger partial charge in [0.05, 0.1) is 5.02 Å². The highest BCUT2D eigenvalue weighted by atomic mass is 35.5. The van der Waals surface area contributed by atoms with E-state index in [-0.39, 0.29) is 9.92 Å². The molecular weight excluding hydrogens is 308 g/mol. The number of hydrogen-bond donors (Lipinski definition) is 2.